The van der Waals surface area contributed by atoms with E-state index in [1.165, 1.54) is 17.4 Å². The summed E-state index contributed by atoms with van der Waals surface area (Å²) in [4.78, 5) is 16.8. The van der Waals surface area contributed by atoms with Crippen molar-refractivity contribution in [1.82, 2.24) is 9.38 Å². The highest BCUT2D eigenvalue weighted by Crippen LogP contribution is 2.17. The number of aromatic nitrogens is 2. The molecule has 96 valence electrons. The lowest BCUT2D eigenvalue weighted by Crippen LogP contribution is -2.14. The fourth-order valence-electron chi connectivity index (χ4n) is 1.66. The third kappa shape index (κ3) is 2.08. The number of halogens is 2. The van der Waals surface area contributed by atoms with E-state index in [4.69, 9.17) is 0 Å². The summed E-state index contributed by atoms with van der Waals surface area (Å²) in [5.41, 5.74) is 0.589. The Morgan fingerprint density at radius 3 is 2.95 bits per heavy atom. The van der Waals surface area contributed by atoms with Crippen LogP contribution in [0.4, 0.5) is 14.5 Å². The number of fused-ring (bicyclic) bond motifs is 1. The SMILES string of the molecule is O=C(Nc1ccc(F)c(F)c1)c1csc2nccn12. The Morgan fingerprint density at radius 1 is 1.32 bits per heavy atom. The van der Waals surface area contributed by atoms with Crippen LogP contribution in [0.2, 0.25) is 0 Å². The Hall–Kier alpha value is -2.28. The number of imidazole rings is 1. The molecule has 7 heteroatoms. The molecule has 0 fully saturated rings. The number of amides is 1. The van der Waals surface area contributed by atoms with Gasteiger partial charge in [0, 0.05) is 29.5 Å². The number of rotatable bonds is 2. The Balaban J connectivity index is 1.89. The van der Waals surface area contributed by atoms with Gasteiger partial charge in [-0.1, -0.05) is 0 Å². The van der Waals surface area contributed by atoms with Gasteiger partial charge in [-0.25, -0.2) is 13.8 Å². The quantitative estimate of drug-likeness (QED) is 0.784. The lowest BCUT2D eigenvalue weighted by Gasteiger charge is -2.04. The third-order valence-corrected chi connectivity index (χ3v) is 3.41. The van der Waals surface area contributed by atoms with Crippen LogP contribution < -0.4 is 5.32 Å². The number of nitrogens with one attached hydrogen (secondary N) is 1. The van der Waals surface area contributed by atoms with Gasteiger partial charge in [0.25, 0.3) is 5.91 Å². The van der Waals surface area contributed by atoms with Crippen molar-refractivity contribution in [2.24, 2.45) is 0 Å². The molecule has 0 aliphatic heterocycles. The molecule has 1 N–H and O–H groups in total. The molecule has 0 bridgehead atoms. The average Bonchev–Trinajstić information content (AvgIpc) is 2.95. The van der Waals surface area contributed by atoms with Crippen LogP contribution in [0, 0.1) is 11.6 Å². The minimum Gasteiger partial charge on any atom is -0.321 e. The highest BCUT2D eigenvalue weighted by atomic mass is 32.1. The molecule has 0 spiro atoms. The van der Waals surface area contributed by atoms with Crippen molar-refractivity contribution in [2.45, 2.75) is 0 Å². The first-order valence-corrected chi connectivity index (χ1v) is 6.20. The fourth-order valence-corrected chi connectivity index (χ4v) is 2.49. The molecule has 1 amide bonds. The van der Waals surface area contributed by atoms with E-state index < -0.39 is 17.5 Å². The maximum atomic E-state index is 13.0. The fraction of sp³-hybridized carbons (Fsp3) is 0. The van der Waals surface area contributed by atoms with Gasteiger partial charge < -0.3 is 5.32 Å². The van der Waals surface area contributed by atoms with Crippen molar-refractivity contribution in [2.75, 3.05) is 5.32 Å². The first kappa shape index (κ1) is 11.8. The number of carbonyl (C=O) groups is 1. The number of benzene rings is 1. The highest BCUT2D eigenvalue weighted by Gasteiger charge is 2.13. The lowest BCUT2D eigenvalue weighted by molar-refractivity contribution is 0.102. The Morgan fingerprint density at radius 2 is 2.16 bits per heavy atom. The number of carbonyl (C=O) groups excluding carboxylic acids is 1. The second kappa shape index (κ2) is 4.43. The summed E-state index contributed by atoms with van der Waals surface area (Å²) in [6.45, 7) is 0. The van der Waals surface area contributed by atoms with Crippen LogP contribution in [0.5, 0.6) is 0 Å². The summed E-state index contributed by atoms with van der Waals surface area (Å²) in [5.74, 6) is -2.36. The molecule has 0 radical (unpaired) electrons. The molecular weight excluding hydrogens is 272 g/mol. The second-order valence-corrected chi connectivity index (χ2v) is 4.62. The van der Waals surface area contributed by atoms with Gasteiger partial charge in [0.05, 0.1) is 0 Å². The van der Waals surface area contributed by atoms with Crippen molar-refractivity contribution < 1.29 is 13.6 Å². The molecule has 3 rings (SSSR count). The standard InChI is InChI=1S/C12H7F2N3OS/c13-8-2-1-7(5-9(8)14)16-11(18)10-6-19-12-15-3-4-17(10)12/h1-6H,(H,16,18). The minimum absolute atomic E-state index is 0.198. The summed E-state index contributed by atoms with van der Waals surface area (Å²) in [5, 5.41) is 4.16. The van der Waals surface area contributed by atoms with Gasteiger partial charge in [0.15, 0.2) is 16.6 Å². The summed E-state index contributed by atoms with van der Waals surface area (Å²) in [7, 11) is 0. The maximum absolute atomic E-state index is 13.0. The molecular formula is C12H7F2N3OS. The van der Waals surface area contributed by atoms with E-state index in [0.717, 1.165) is 12.1 Å². The van der Waals surface area contributed by atoms with Gasteiger partial charge in [-0.3, -0.25) is 9.20 Å². The zero-order chi connectivity index (χ0) is 13.4. The first-order chi connectivity index (χ1) is 9.15. The van der Waals surface area contributed by atoms with Crippen LogP contribution in [0.3, 0.4) is 0 Å². The molecule has 0 saturated heterocycles. The second-order valence-electron chi connectivity index (χ2n) is 3.78. The van der Waals surface area contributed by atoms with E-state index in [-0.39, 0.29) is 5.69 Å². The Kier molecular flexibility index (Phi) is 2.75. The number of nitrogens with zero attached hydrogens (tertiary/aromatic N) is 2. The summed E-state index contributed by atoms with van der Waals surface area (Å²) >= 11 is 1.32. The average molecular weight is 279 g/mol. The van der Waals surface area contributed by atoms with Gasteiger partial charge in [-0.15, -0.1) is 11.3 Å². The van der Waals surface area contributed by atoms with E-state index in [9.17, 15) is 13.6 Å². The molecule has 0 atom stereocenters. The monoisotopic (exact) mass is 279 g/mol. The lowest BCUT2D eigenvalue weighted by atomic mass is 10.3. The van der Waals surface area contributed by atoms with E-state index in [0.29, 0.717) is 10.7 Å². The summed E-state index contributed by atoms with van der Waals surface area (Å²) in [6, 6.07) is 3.20. The van der Waals surface area contributed by atoms with E-state index in [1.807, 2.05) is 0 Å². The normalized spacial score (nSPS) is 10.8. The largest absolute Gasteiger partial charge is 0.321 e. The number of hydrogen-bond donors (Lipinski definition) is 1. The van der Waals surface area contributed by atoms with Crippen LogP contribution in [0.1, 0.15) is 10.5 Å². The zero-order valence-electron chi connectivity index (χ0n) is 9.43. The topological polar surface area (TPSA) is 46.4 Å². The predicted octanol–water partition coefficient (Wildman–Crippen LogP) is 2.93. The molecule has 0 aliphatic carbocycles. The van der Waals surface area contributed by atoms with Crippen LogP contribution in [-0.2, 0) is 0 Å². The molecule has 19 heavy (non-hydrogen) atoms. The van der Waals surface area contributed by atoms with Crippen molar-refractivity contribution in [3.63, 3.8) is 0 Å². The van der Waals surface area contributed by atoms with Gasteiger partial charge in [0.2, 0.25) is 0 Å². The number of anilines is 1. The smallest absolute Gasteiger partial charge is 0.273 e. The minimum atomic E-state index is -1.00. The molecule has 4 nitrogen and oxygen atoms in total. The van der Waals surface area contributed by atoms with E-state index >= 15 is 0 Å². The van der Waals surface area contributed by atoms with E-state index in [2.05, 4.69) is 10.3 Å². The van der Waals surface area contributed by atoms with Gasteiger partial charge in [-0.05, 0) is 12.1 Å². The Bertz CT molecular complexity index is 765. The van der Waals surface area contributed by atoms with Crippen LogP contribution in [0.15, 0.2) is 36.0 Å². The molecule has 2 heterocycles. The predicted molar refractivity (Wildman–Crippen MR) is 67.4 cm³/mol. The van der Waals surface area contributed by atoms with Gasteiger partial charge >= 0.3 is 0 Å². The summed E-state index contributed by atoms with van der Waals surface area (Å²) in [6.07, 6.45) is 3.24. The van der Waals surface area contributed by atoms with Gasteiger partial charge in [-0.2, -0.15) is 0 Å². The molecule has 0 saturated carbocycles. The van der Waals surface area contributed by atoms with E-state index in [1.54, 1.807) is 22.2 Å². The highest BCUT2D eigenvalue weighted by molar-refractivity contribution is 7.15. The summed E-state index contributed by atoms with van der Waals surface area (Å²) < 4.78 is 27.4. The Labute approximate surface area is 110 Å². The van der Waals surface area contributed by atoms with Crippen molar-refractivity contribution >= 4 is 27.9 Å². The van der Waals surface area contributed by atoms with Crippen LogP contribution in [0.25, 0.3) is 4.96 Å². The van der Waals surface area contributed by atoms with Crippen molar-refractivity contribution in [1.29, 1.82) is 0 Å². The zero-order valence-corrected chi connectivity index (χ0v) is 10.2. The molecule has 1 aromatic carbocycles. The number of hydrogen-bond acceptors (Lipinski definition) is 3. The molecule has 0 unspecified atom stereocenters. The molecule has 2 aromatic heterocycles. The van der Waals surface area contributed by atoms with Crippen molar-refractivity contribution in [3.05, 3.63) is 53.3 Å². The number of thiazole rings is 1. The third-order valence-electron chi connectivity index (χ3n) is 2.55. The first-order valence-electron chi connectivity index (χ1n) is 5.32. The van der Waals surface area contributed by atoms with Gasteiger partial charge in [0.1, 0.15) is 5.69 Å². The van der Waals surface area contributed by atoms with Crippen LogP contribution in [-0.4, -0.2) is 15.3 Å². The maximum Gasteiger partial charge on any atom is 0.273 e. The van der Waals surface area contributed by atoms with Crippen molar-refractivity contribution in [3.8, 4) is 0 Å². The molecule has 3 aromatic rings. The molecule has 0 aliphatic rings. The van der Waals surface area contributed by atoms with Crippen LogP contribution >= 0.6 is 11.3 Å².